The van der Waals surface area contributed by atoms with E-state index in [1.165, 1.54) is 54.6 Å². The first-order valence-corrected chi connectivity index (χ1v) is 7.61. The molecule has 0 bridgehead atoms. The Hall–Kier alpha value is -4.14. The Bertz CT molecular complexity index is 1050. The van der Waals surface area contributed by atoms with Crippen molar-refractivity contribution in [1.82, 2.24) is 0 Å². The Labute approximate surface area is 152 Å². The van der Waals surface area contributed by atoms with Crippen molar-refractivity contribution >= 4 is 17.1 Å². The Morgan fingerprint density at radius 2 is 1.44 bits per heavy atom. The van der Waals surface area contributed by atoms with Crippen LogP contribution in [0, 0.1) is 10.1 Å². The predicted octanol–water partition coefficient (Wildman–Crippen LogP) is 4.50. The molecule has 0 saturated heterocycles. The maximum Gasteiger partial charge on any atom is 0.269 e. The number of phenolic OH excluding ortho intramolecular Hbond substituents is 4. The van der Waals surface area contributed by atoms with E-state index in [4.69, 9.17) is 0 Å². The summed E-state index contributed by atoms with van der Waals surface area (Å²) in [7, 11) is 0. The van der Waals surface area contributed by atoms with Gasteiger partial charge in [-0.05, 0) is 42.0 Å². The lowest BCUT2D eigenvalue weighted by molar-refractivity contribution is -0.384. The third-order valence-corrected chi connectivity index (χ3v) is 3.77. The summed E-state index contributed by atoms with van der Waals surface area (Å²) in [5.74, 6) is -1.86. The van der Waals surface area contributed by atoms with Gasteiger partial charge in [0.15, 0.2) is 23.0 Å². The van der Waals surface area contributed by atoms with E-state index in [1.54, 1.807) is 0 Å². The van der Waals surface area contributed by atoms with Crippen molar-refractivity contribution in [3.05, 3.63) is 64.7 Å². The summed E-state index contributed by atoms with van der Waals surface area (Å²) >= 11 is 0. The van der Waals surface area contributed by atoms with Crippen molar-refractivity contribution in [2.45, 2.75) is 0 Å². The number of azo groups is 1. The molecule has 3 aromatic rings. The first kappa shape index (κ1) is 17.7. The van der Waals surface area contributed by atoms with Gasteiger partial charge >= 0.3 is 0 Å². The molecule has 3 rings (SSSR count). The largest absolute Gasteiger partial charge is 0.504 e. The van der Waals surface area contributed by atoms with Crippen LogP contribution >= 0.6 is 0 Å². The minimum Gasteiger partial charge on any atom is -0.504 e. The molecule has 0 heterocycles. The molecule has 9 heteroatoms. The molecule has 27 heavy (non-hydrogen) atoms. The number of hydrogen-bond acceptors (Lipinski definition) is 8. The van der Waals surface area contributed by atoms with E-state index in [0.29, 0.717) is 11.1 Å². The second-order valence-corrected chi connectivity index (χ2v) is 5.48. The van der Waals surface area contributed by atoms with Gasteiger partial charge in [-0.1, -0.05) is 6.07 Å². The van der Waals surface area contributed by atoms with E-state index < -0.39 is 22.2 Å². The van der Waals surface area contributed by atoms with Crippen LogP contribution < -0.4 is 0 Å². The second kappa shape index (κ2) is 7.00. The number of rotatable bonds is 4. The van der Waals surface area contributed by atoms with Gasteiger partial charge in [0.25, 0.3) is 5.69 Å². The summed E-state index contributed by atoms with van der Waals surface area (Å²) in [5, 5.41) is 57.7. The van der Waals surface area contributed by atoms with Crippen LogP contribution in [-0.2, 0) is 0 Å². The molecule has 0 fully saturated rings. The second-order valence-electron chi connectivity index (χ2n) is 5.48. The fourth-order valence-corrected chi connectivity index (χ4v) is 2.37. The number of nitrogens with zero attached hydrogens (tertiary/aromatic N) is 3. The van der Waals surface area contributed by atoms with E-state index in [1.807, 2.05) is 0 Å². The highest BCUT2D eigenvalue weighted by Crippen LogP contribution is 2.45. The molecule has 0 saturated carbocycles. The molecule has 0 atom stereocenters. The number of phenols is 4. The van der Waals surface area contributed by atoms with Crippen LogP contribution in [0.5, 0.6) is 23.0 Å². The van der Waals surface area contributed by atoms with E-state index in [2.05, 4.69) is 10.2 Å². The standard InChI is InChI=1S/C18H13N3O6/c22-14-3-1-2-13(17(14)24)19-20-16-12(8-9-15(23)18(16)25)10-4-6-11(7-5-10)21(26)27/h1-9,22-25H. The Kier molecular flexibility index (Phi) is 4.58. The van der Waals surface area contributed by atoms with Gasteiger partial charge in [-0.2, -0.15) is 0 Å². The number of para-hydroxylation sites is 1. The Morgan fingerprint density at radius 3 is 2.11 bits per heavy atom. The third-order valence-electron chi connectivity index (χ3n) is 3.77. The smallest absolute Gasteiger partial charge is 0.269 e. The van der Waals surface area contributed by atoms with Crippen molar-refractivity contribution in [1.29, 1.82) is 0 Å². The predicted molar refractivity (Wildman–Crippen MR) is 95.8 cm³/mol. The third kappa shape index (κ3) is 3.47. The molecule has 0 amide bonds. The zero-order valence-corrected chi connectivity index (χ0v) is 13.6. The molecular formula is C18H13N3O6. The average Bonchev–Trinajstić information content (AvgIpc) is 2.66. The fourth-order valence-electron chi connectivity index (χ4n) is 2.37. The minimum atomic E-state index is -0.547. The number of non-ortho nitro benzene ring substituents is 1. The number of nitro groups is 1. The molecule has 4 N–H and O–H groups in total. The van der Waals surface area contributed by atoms with Gasteiger partial charge in [0.2, 0.25) is 0 Å². The maximum absolute atomic E-state index is 10.8. The van der Waals surface area contributed by atoms with E-state index in [0.717, 1.165) is 0 Å². The summed E-state index contributed by atoms with van der Waals surface area (Å²) in [6.07, 6.45) is 0. The Balaban J connectivity index is 2.09. The SMILES string of the molecule is O=[N+]([O-])c1ccc(-c2ccc(O)c(O)c2N=Nc2cccc(O)c2O)cc1. The van der Waals surface area contributed by atoms with Crippen molar-refractivity contribution in [3.63, 3.8) is 0 Å². The Morgan fingerprint density at radius 1 is 0.778 bits per heavy atom. The number of benzene rings is 3. The van der Waals surface area contributed by atoms with Crippen LogP contribution in [-0.4, -0.2) is 25.3 Å². The first-order chi connectivity index (χ1) is 12.9. The molecule has 0 spiro atoms. The zero-order chi connectivity index (χ0) is 19.6. The maximum atomic E-state index is 10.8. The van der Waals surface area contributed by atoms with Crippen LogP contribution in [0.2, 0.25) is 0 Å². The van der Waals surface area contributed by atoms with E-state index in [-0.39, 0.29) is 22.8 Å². The van der Waals surface area contributed by atoms with Crippen molar-refractivity contribution in [2.75, 3.05) is 0 Å². The molecular weight excluding hydrogens is 354 g/mol. The van der Waals surface area contributed by atoms with Crippen molar-refractivity contribution < 1.29 is 25.3 Å². The molecule has 0 aromatic heterocycles. The first-order valence-electron chi connectivity index (χ1n) is 7.61. The molecule has 0 aliphatic heterocycles. The van der Waals surface area contributed by atoms with Crippen LogP contribution in [0.4, 0.5) is 17.1 Å². The lowest BCUT2D eigenvalue weighted by atomic mass is 10.0. The summed E-state index contributed by atoms with van der Waals surface area (Å²) < 4.78 is 0. The van der Waals surface area contributed by atoms with Gasteiger partial charge in [-0.3, -0.25) is 10.1 Å². The van der Waals surface area contributed by atoms with Crippen molar-refractivity contribution in [3.8, 4) is 34.1 Å². The number of nitro benzene ring substituents is 1. The highest BCUT2D eigenvalue weighted by atomic mass is 16.6. The van der Waals surface area contributed by atoms with Gasteiger partial charge < -0.3 is 20.4 Å². The summed E-state index contributed by atoms with van der Waals surface area (Å²) in [6.45, 7) is 0. The lowest BCUT2D eigenvalue weighted by Gasteiger charge is -2.09. The highest BCUT2D eigenvalue weighted by molar-refractivity contribution is 5.82. The summed E-state index contributed by atoms with van der Waals surface area (Å²) in [4.78, 5) is 10.2. The van der Waals surface area contributed by atoms with Gasteiger partial charge in [0.1, 0.15) is 11.4 Å². The minimum absolute atomic E-state index is 0.0487. The molecule has 0 unspecified atom stereocenters. The summed E-state index contributed by atoms with van der Waals surface area (Å²) in [5.41, 5.74) is 0.585. The van der Waals surface area contributed by atoms with Gasteiger partial charge in [-0.25, -0.2) is 0 Å². The molecule has 0 radical (unpaired) electrons. The zero-order valence-electron chi connectivity index (χ0n) is 13.6. The van der Waals surface area contributed by atoms with Gasteiger partial charge in [0.05, 0.1) is 4.92 Å². The topological polar surface area (TPSA) is 149 Å². The normalized spacial score (nSPS) is 11.0. The van der Waals surface area contributed by atoms with Crippen molar-refractivity contribution in [2.24, 2.45) is 10.2 Å². The summed E-state index contributed by atoms with van der Waals surface area (Å²) in [6, 6.07) is 12.3. The van der Waals surface area contributed by atoms with Crippen LogP contribution in [0.3, 0.4) is 0 Å². The lowest BCUT2D eigenvalue weighted by Crippen LogP contribution is -1.87. The van der Waals surface area contributed by atoms with E-state index >= 15 is 0 Å². The monoisotopic (exact) mass is 367 g/mol. The van der Waals surface area contributed by atoms with E-state index in [9.17, 15) is 30.5 Å². The number of hydrogen-bond donors (Lipinski definition) is 4. The molecule has 9 nitrogen and oxygen atoms in total. The molecule has 0 aliphatic rings. The molecule has 136 valence electrons. The highest BCUT2D eigenvalue weighted by Gasteiger charge is 2.15. The van der Waals surface area contributed by atoms with Crippen LogP contribution in [0.15, 0.2) is 64.8 Å². The average molecular weight is 367 g/mol. The molecule has 0 aliphatic carbocycles. The number of aromatic hydroxyl groups is 4. The molecule has 3 aromatic carbocycles. The van der Waals surface area contributed by atoms with Crippen LogP contribution in [0.25, 0.3) is 11.1 Å². The van der Waals surface area contributed by atoms with Crippen LogP contribution in [0.1, 0.15) is 0 Å². The van der Waals surface area contributed by atoms with Gasteiger partial charge in [-0.15, -0.1) is 10.2 Å². The quantitative estimate of drug-likeness (QED) is 0.231. The fraction of sp³-hybridized carbons (Fsp3) is 0. The van der Waals surface area contributed by atoms with Gasteiger partial charge in [0, 0.05) is 17.7 Å².